The van der Waals surface area contributed by atoms with Crippen LogP contribution in [0, 0.1) is 0 Å². The van der Waals surface area contributed by atoms with Crippen molar-refractivity contribution in [3.05, 3.63) is 76.2 Å². The number of thiazole rings is 1. The Kier molecular flexibility index (Phi) is 4.97. The molecule has 1 amide bonds. The lowest BCUT2D eigenvalue weighted by Gasteiger charge is -2.07. The van der Waals surface area contributed by atoms with Crippen molar-refractivity contribution in [3.8, 4) is 11.3 Å². The molecule has 3 aromatic heterocycles. The molecule has 0 saturated carbocycles. The summed E-state index contributed by atoms with van der Waals surface area (Å²) in [5.74, 6) is -0.542. The molecule has 0 aliphatic heterocycles. The fourth-order valence-corrected chi connectivity index (χ4v) is 4.10. The minimum atomic E-state index is -4.47. The minimum Gasteiger partial charge on any atom is -0.448 e. The molecule has 3 heterocycles. The average molecular weight is 470 g/mol. The van der Waals surface area contributed by atoms with E-state index in [1.807, 2.05) is 0 Å². The van der Waals surface area contributed by atoms with Gasteiger partial charge in [-0.25, -0.2) is 9.97 Å². The number of amides is 1. The highest BCUT2D eigenvalue weighted by Gasteiger charge is 2.30. The van der Waals surface area contributed by atoms with Crippen molar-refractivity contribution in [3.63, 3.8) is 0 Å². The van der Waals surface area contributed by atoms with Crippen LogP contribution < -0.4 is 10.9 Å². The molecule has 2 aromatic carbocycles. The molecule has 33 heavy (non-hydrogen) atoms. The Labute approximate surface area is 187 Å². The van der Waals surface area contributed by atoms with E-state index < -0.39 is 23.2 Å². The maximum absolute atomic E-state index is 12.9. The molecule has 5 rings (SSSR count). The summed E-state index contributed by atoms with van der Waals surface area (Å²) in [7, 11) is 0. The van der Waals surface area contributed by atoms with E-state index in [4.69, 9.17) is 4.42 Å². The summed E-state index contributed by atoms with van der Waals surface area (Å²) in [6.45, 7) is -0.336. The third kappa shape index (κ3) is 3.98. The lowest BCUT2D eigenvalue weighted by Crippen LogP contribution is -2.27. The first kappa shape index (κ1) is 20.9. The Hall–Kier alpha value is -3.99. The first-order valence-electron chi connectivity index (χ1n) is 9.59. The van der Waals surface area contributed by atoms with Crippen molar-refractivity contribution < 1.29 is 22.4 Å². The quantitative estimate of drug-likeness (QED) is 0.403. The van der Waals surface area contributed by atoms with Crippen LogP contribution in [0.25, 0.3) is 33.3 Å². The molecular weight excluding hydrogens is 457 g/mol. The number of halogens is 3. The van der Waals surface area contributed by atoms with Crippen LogP contribution in [0.3, 0.4) is 0 Å². The van der Waals surface area contributed by atoms with Crippen LogP contribution in [0.1, 0.15) is 5.56 Å². The Balaban J connectivity index is 1.35. The van der Waals surface area contributed by atoms with Crippen LogP contribution in [-0.2, 0) is 17.5 Å². The van der Waals surface area contributed by atoms with Crippen LogP contribution in [-0.4, -0.2) is 20.4 Å². The zero-order valence-corrected chi connectivity index (χ0v) is 17.4. The normalized spacial score (nSPS) is 11.8. The number of para-hydroxylation sites is 1. The molecule has 0 radical (unpaired) electrons. The zero-order chi connectivity index (χ0) is 23.2. The van der Waals surface area contributed by atoms with E-state index >= 15 is 0 Å². The van der Waals surface area contributed by atoms with Crippen molar-refractivity contribution in [2.45, 2.75) is 12.7 Å². The van der Waals surface area contributed by atoms with E-state index in [9.17, 15) is 22.8 Å². The van der Waals surface area contributed by atoms with E-state index in [1.54, 1.807) is 29.6 Å². The maximum atomic E-state index is 12.9. The third-order valence-electron chi connectivity index (χ3n) is 4.90. The van der Waals surface area contributed by atoms with E-state index in [0.717, 1.165) is 28.0 Å². The van der Waals surface area contributed by atoms with Gasteiger partial charge in [0, 0.05) is 16.3 Å². The Morgan fingerprint density at radius 2 is 1.97 bits per heavy atom. The summed E-state index contributed by atoms with van der Waals surface area (Å²) in [4.78, 5) is 33.6. The molecule has 0 fully saturated rings. The number of furan rings is 1. The average Bonchev–Trinajstić information content (AvgIpc) is 3.40. The summed E-state index contributed by atoms with van der Waals surface area (Å²) >= 11 is 1.06. The minimum absolute atomic E-state index is 0.0487. The summed E-state index contributed by atoms with van der Waals surface area (Å²) in [6, 6.07) is 11.9. The highest BCUT2D eigenvalue weighted by molar-refractivity contribution is 7.14. The van der Waals surface area contributed by atoms with Gasteiger partial charge in [-0.2, -0.15) is 13.2 Å². The molecule has 0 spiro atoms. The molecule has 7 nitrogen and oxygen atoms in total. The first-order valence-corrected chi connectivity index (χ1v) is 10.5. The molecule has 0 saturated heterocycles. The molecule has 1 N–H and O–H groups in total. The maximum Gasteiger partial charge on any atom is 0.416 e. The van der Waals surface area contributed by atoms with E-state index in [1.165, 1.54) is 18.5 Å². The van der Waals surface area contributed by atoms with E-state index in [2.05, 4.69) is 15.3 Å². The SMILES string of the molecule is O=C(Cn1cnc2c(oc3ccccc32)c1=O)Nc1nc(-c2cccc(C(F)(F)F)c2)cs1. The molecule has 0 aliphatic rings. The van der Waals surface area contributed by atoms with Gasteiger partial charge in [0.1, 0.15) is 17.6 Å². The van der Waals surface area contributed by atoms with Crippen LogP contribution in [0.15, 0.2) is 69.5 Å². The summed E-state index contributed by atoms with van der Waals surface area (Å²) < 4.78 is 45.5. The van der Waals surface area contributed by atoms with Gasteiger partial charge in [-0.15, -0.1) is 11.3 Å². The van der Waals surface area contributed by atoms with Crippen molar-refractivity contribution in [2.24, 2.45) is 0 Å². The van der Waals surface area contributed by atoms with Crippen LogP contribution in [0.5, 0.6) is 0 Å². The number of carbonyl (C=O) groups is 1. The Morgan fingerprint density at radius 1 is 1.15 bits per heavy atom. The van der Waals surface area contributed by atoms with Gasteiger partial charge >= 0.3 is 6.18 Å². The number of alkyl halides is 3. The predicted molar refractivity (Wildman–Crippen MR) is 117 cm³/mol. The van der Waals surface area contributed by atoms with Gasteiger partial charge in [0.05, 0.1) is 17.6 Å². The topological polar surface area (TPSA) is 90.0 Å². The lowest BCUT2D eigenvalue weighted by atomic mass is 10.1. The molecule has 0 aliphatic carbocycles. The lowest BCUT2D eigenvalue weighted by molar-refractivity contribution is -0.137. The number of aromatic nitrogens is 3. The zero-order valence-electron chi connectivity index (χ0n) is 16.6. The van der Waals surface area contributed by atoms with Crippen LogP contribution in [0.2, 0.25) is 0 Å². The predicted octanol–water partition coefficient (Wildman–Crippen LogP) is 4.92. The Bertz CT molecular complexity index is 1570. The first-order chi connectivity index (χ1) is 15.8. The van der Waals surface area contributed by atoms with Gasteiger partial charge in [-0.3, -0.25) is 14.2 Å². The molecular formula is C22H13F3N4O3S. The smallest absolute Gasteiger partial charge is 0.416 e. The van der Waals surface area contributed by atoms with Crippen LogP contribution >= 0.6 is 11.3 Å². The number of rotatable bonds is 4. The van der Waals surface area contributed by atoms with Gasteiger partial charge in [0.2, 0.25) is 11.5 Å². The molecule has 0 atom stereocenters. The number of nitrogens with zero attached hydrogens (tertiary/aromatic N) is 3. The number of carbonyl (C=O) groups excluding carboxylic acids is 1. The number of nitrogens with one attached hydrogen (secondary N) is 1. The molecule has 0 unspecified atom stereocenters. The second-order valence-electron chi connectivity index (χ2n) is 7.12. The number of fused-ring (bicyclic) bond motifs is 3. The van der Waals surface area contributed by atoms with Gasteiger partial charge in [0.25, 0.3) is 5.56 Å². The standard InChI is InChI=1S/C22H13F3N4O3S/c23-22(24,25)13-5-3-4-12(8-13)15-10-33-21(27-15)28-17(30)9-29-11-26-18-14-6-1-2-7-16(14)32-19(18)20(29)31/h1-8,10-11H,9H2,(H,27,28,30). The number of hydrogen-bond donors (Lipinski definition) is 1. The fraction of sp³-hybridized carbons (Fsp3) is 0.0909. The van der Waals surface area contributed by atoms with Gasteiger partial charge in [-0.1, -0.05) is 24.3 Å². The summed E-state index contributed by atoms with van der Waals surface area (Å²) in [5, 5.41) is 4.99. The summed E-state index contributed by atoms with van der Waals surface area (Å²) in [6.07, 6.45) is -3.20. The largest absolute Gasteiger partial charge is 0.448 e. The number of hydrogen-bond acceptors (Lipinski definition) is 6. The van der Waals surface area contributed by atoms with Gasteiger partial charge in [0.15, 0.2) is 5.13 Å². The summed E-state index contributed by atoms with van der Waals surface area (Å²) in [5.41, 5.74) is 0.262. The third-order valence-corrected chi connectivity index (χ3v) is 5.66. The molecule has 0 bridgehead atoms. The Morgan fingerprint density at radius 3 is 2.79 bits per heavy atom. The van der Waals surface area contributed by atoms with E-state index in [-0.39, 0.29) is 22.8 Å². The number of anilines is 1. The van der Waals surface area contributed by atoms with Gasteiger partial charge < -0.3 is 9.73 Å². The molecule has 166 valence electrons. The molecule has 5 aromatic rings. The van der Waals surface area contributed by atoms with Crippen LogP contribution in [0.4, 0.5) is 18.3 Å². The van der Waals surface area contributed by atoms with Crippen molar-refractivity contribution in [2.75, 3.05) is 5.32 Å². The van der Waals surface area contributed by atoms with Crippen molar-refractivity contribution in [1.82, 2.24) is 14.5 Å². The van der Waals surface area contributed by atoms with Crippen molar-refractivity contribution in [1.29, 1.82) is 0 Å². The van der Waals surface area contributed by atoms with Gasteiger partial charge in [-0.05, 0) is 24.3 Å². The molecule has 11 heteroatoms. The number of benzene rings is 2. The highest BCUT2D eigenvalue weighted by atomic mass is 32.1. The monoisotopic (exact) mass is 470 g/mol. The van der Waals surface area contributed by atoms with E-state index in [0.29, 0.717) is 22.2 Å². The highest BCUT2D eigenvalue weighted by Crippen LogP contribution is 2.33. The second-order valence-corrected chi connectivity index (χ2v) is 7.98. The second kappa shape index (κ2) is 7.85. The van der Waals surface area contributed by atoms with Crippen molar-refractivity contribution >= 4 is 44.4 Å². The fourth-order valence-electron chi connectivity index (χ4n) is 3.36.